The second kappa shape index (κ2) is 8.87. The minimum absolute atomic E-state index is 0.0512. The number of carbonyl (C=O) groups is 1. The summed E-state index contributed by atoms with van der Waals surface area (Å²) in [5.74, 6) is -0.0573. The monoisotopic (exact) mass is 452 g/mol. The number of nitrogens with two attached hydrogens (primary N) is 1. The molecule has 0 atom stereocenters. The number of carbonyl (C=O) groups excluding carboxylic acids is 1. The topological polar surface area (TPSA) is 70.7 Å². The number of rotatable bonds is 5. The third kappa shape index (κ3) is 4.28. The maximum atomic E-state index is 13.9. The molecule has 3 N–H and O–H groups in total. The molecule has 0 aromatic heterocycles. The minimum atomic E-state index is -0.891. The standard InChI is InChI=1S/C26H33ClN4O/c1-25(2)24(32)31(20-10-8-19(9-11-20)29-16-15-28)22-17-18(27)7-12-21(22)23(30-25)26(3)13-5-4-6-14-26/h7-12,17,29H,4-6,13-16,28H2,1-3H3. The van der Waals surface area contributed by atoms with Crippen molar-refractivity contribution in [2.45, 2.75) is 58.4 Å². The van der Waals surface area contributed by atoms with Crippen LogP contribution in [0.5, 0.6) is 0 Å². The first kappa shape index (κ1) is 22.8. The van der Waals surface area contributed by atoms with Crippen LogP contribution in [0.4, 0.5) is 17.1 Å². The largest absolute Gasteiger partial charge is 0.384 e. The molecule has 5 nitrogen and oxygen atoms in total. The van der Waals surface area contributed by atoms with Crippen molar-refractivity contribution in [3.8, 4) is 0 Å². The lowest BCUT2D eigenvalue weighted by molar-refractivity contribution is -0.121. The molecule has 2 aromatic carbocycles. The van der Waals surface area contributed by atoms with Crippen molar-refractivity contribution in [2.75, 3.05) is 23.3 Å². The zero-order chi connectivity index (χ0) is 22.9. The van der Waals surface area contributed by atoms with Crippen molar-refractivity contribution in [3.05, 3.63) is 53.1 Å². The first-order valence-electron chi connectivity index (χ1n) is 11.5. The molecular weight excluding hydrogens is 420 g/mol. The maximum absolute atomic E-state index is 13.9. The predicted octanol–water partition coefficient (Wildman–Crippen LogP) is 5.93. The van der Waals surface area contributed by atoms with Crippen LogP contribution in [0.25, 0.3) is 0 Å². The lowest BCUT2D eigenvalue weighted by Crippen LogP contribution is -2.41. The van der Waals surface area contributed by atoms with Gasteiger partial charge in [0.15, 0.2) is 0 Å². The highest BCUT2D eigenvalue weighted by atomic mass is 35.5. The Labute approximate surface area is 196 Å². The number of benzene rings is 2. The number of halogens is 1. The van der Waals surface area contributed by atoms with Crippen LogP contribution < -0.4 is 16.0 Å². The van der Waals surface area contributed by atoms with E-state index in [9.17, 15) is 4.79 Å². The summed E-state index contributed by atoms with van der Waals surface area (Å²) in [6.45, 7) is 7.39. The number of nitrogens with zero attached hydrogens (tertiary/aromatic N) is 2. The van der Waals surface area contributed by atoms with Gasteiger partial charge in [0.1, 0.15) is 5.54 Å². The first-order valence-corrected chi connectivity index (χ1v) is 11.9. The van der Waals surface area contributed by atoms with E-state index in [2.05, 4.69) is 12.2 Å². The van der Waals surface area contributed by atoms with Gasteiger partial charge in [0.2, 0.25) is 0 Å². The summed E-state index contributed by atoms with van der Waals surface area (Å²) in [4.78, 5) is 20.8. The number of benzodiazepines with no additional fused rings is 1. The van der Waals surface area contributed by atoms with Crippen molar-refractivity contribution in [2.24, 2.45) is 16.1 Å². The third-order valence-electron chi connectivity index (χ3n) is 6.70. The van der Waals surface area contributed by atoms with E-state index in [0.717, 1.165) is 41.2 Å². The fourth-order valence-corrected chi connectivity index (χ4v) is 5.06. The molecule has 32 heavy (non-hydrogen) atoms. The Morgan fingerprint density at radius 2 is 1.75 bits per heavy atom. The van der Waals surface area contributed by atoms with Crippen LogP contribution in [-0.4, -0.2) is 30.2 Å². The number of aliphatic imine (C=N–C) groups is 1. The number of nitrogens with one attached hydrogen (secondary N) is 1. The van der Waals surface area contributed by atoms with Crippen LogP contribution >= 0.6 is 11.6 Å². The molecule has 4 rings (SSSR count). The fraction of sp³-hybridized carbons (Fsp3) is 0.462. The summed E-state index contributed by atoms with van der Waals surface area (Å²) >= 11 is 6.45. The van der Waals surface area contributed by atoms with Gasteiger partial charge in [-0.05, 0) is 69.2 Å². The molecule has 0 radical (unpaired) electrons. The number of hydrogen-bond donors (Lipinski definition) is 2. The summed E-state index contributed by atoms with van der Waals surface area (Å²) in [7, 11) is 0. The Kier molecular flexibility index (Phi) is 6.33. The van der Waals surface area contributed by atoms with Gasteiger partial charge in [0.05, 0.1) is 11.4 Å². The highest BCUT2D eigenvalue weighted by Gasteiger charge is 2.43. The Hall–Kier alpha value is -2.37. The third-order valence-corrected chi connectivity index (χ3v) is 6.94. The van der Waals surface area contributed by atoms with E-state index in [-0.39, 0.29) is 11.3 Å². The van der Waals surface area contributed by atoms with E-state index < -0.39 is 5.54 Å². The SMILES string of the molecule is CC1(C2=NC(C)(C)C(=O)N(c3ccc(NCCN)cc3)c3cc(Cl)ccc32)CCCCC1. The van der Waals surface area contributed by atoms with E-state index in [1.807, 2.05) is 56.3 Å². The zero-order valence-corrected chi connectivity index (χ0v) is 20.0. The highest BCUT2D eigenvalue weighted by molar-refractivity contribution is 6.31. The van der Waals surface area contributed by atoms with Gasteiger partial charge in [0.25, 0.3) is 5.91 Å². The summed E-state index contributed by atoms with van der Waals surface area (Å²) in [5, 5.41) is 3.88. The van der Waals surface area contributed by atoms with Gasteiger partial charge >= 0.3 is 0 Å². The quantitative estimate of drug-likeness (QED) is 0.590. The van der Waals surface area contributed by atoms with Gasteiger partial charge in [-0.1, -0.05) is 37.8 Å². The average Bonchev–Trinajstić information content (AvgIpc) is 2.86. The average molecular weight is 453 g/mol. The predicted molar refractivity (Wildman–Crippen MR) is 134 cm³/mol. The fourth-order valence-electron chi connectivity index (χ4n) is 4.89. The molecule has 2 aliphatic rings. The normalized spacial score (nSPS) is 19.7. The molecule has 1 saturated carbocycles. The van der Waals surface area contributed by atoms with E-state index in [4.69, 9.17) is 22.3 Å². The molecule has 1 aliphatic heterocycles. The second-order valence-corrected chi connectivity index (χ2v) is 10.1. The summed E-state index contributed by atoms with van der Waals surface area (Å²) in [5.41, 5.74) is 9.27. The van der Waals surface area contributed by atoms with Crippen molar-refractivity contribution in [3.63, 3.8) is 0 Å². The summed E-state index contributed by atoms with van der Waals surface area (Å²) < 4.78 is 0. The number of hydrogen-bond acceptors (Lipinski definition) is 4. The molecule has 0 bridgehead atoms. The first-order chi connectivity index (χ1) is 15.2. The summed E-state index contributed by atoms with van der Waals surface area (Å²) in [6, 6.07) is 13.7. The molecule has 1 fully saturated rings. The molecule has 6 heteroatoms. The van der Waals surface area contributed by atoms with Gasteiger partial charge in [-0.3, -0.25) is 14.7 Å². The minimum Gasteiger partial charge on any atom is -0.384 e. The van der Waals surface area contributed by atoms with Crippen LogP contribution in [0.2, 0.25) is 5.02 Å². The number of amides is 1. The molecule has 0 unspecified atom stereocenters. The maximum Gasteiger partial charge on any atom is 0.258 e. The zero-order valence-electron chi connectivity index (χ0n) is 19.2. The van der Waals surface area contributed by atoms with Gasteiger partial charge in [0, 0.05) is 40.5 Å². The van der Waals surface area contributed by atoms with Crippen molar-refractivity contribution >= 4 is 40.3 Å². The van der Waals surface area contributed by atoms with E-state index in [0.29, 0.717) is 18.1 Å². The molecule has 0 saturated heterocycles. The molecule has 1 amide bonds. The Morgan fingerprint density at radius 1 is 1.06 bits per heavy atom. The lowest BCUT2D eigenvalue weighted by atomic mass is 9.70. The van der Waals surface area contributed by atoms with E-state index in [1.165, 1.54) is 19.3 Å². The van der Waals surface area contributed by atoms with Gasteiger partial charge in [-0.25, -0.2) is 0 Å². The Morgan fingerprint density at radius 3 is 2.41 bits per heavy atom. The highest BCUT2D eigenvalue weighted by Crippen LogP contribution is 2.45. The smallest absolute Gasteiger partial charge is 0.258 e. The van der Waals surface area contributed by atoms with Crippen LogP contribution in [0.3, 0.4) is 0 Å². The molecule has 170 valence electrons. The van der Waals surface area contributed by atoms with Crippen molar-refractivity contribution < 1.29 is 4.79 Å². The second-order valence-electron chi connectivity index (χ2n) is 9.71. The van der Waals surface area contributed by atoms with E-state index >= 15 is 0 Å². The van der Waals surface area contributed by atoms with Crippen LogP contribution in [0, 0.1) is 5.41 Å². The molecule has 2 aromatic rings. The Bertz CT molecular complexity index is 1020. The number of fused-ring (bicyclic) bond motifs is 1. The molecule has 1 heterocycles. The van der Waals surface area contributed by atoms with Gasteiger partial charge in [-0.2, -0.15) is 0 Å². The molecule has 0 spiro atoms. The summed E-state index contributed by atoms with van der Waals surface area (Å²) in [6.07, 6.45) is 5.80. The van der Waals surface area contributed by atoms with Crippen LogP contribution in [-0.2, 0) is 4.79 Å². The molecular formula is C26H33ClN4O. The van der Waals surface area contributed by atoms with Gasteiger partial charge < -0.3 is 11.1 Å². The lowest BCUT2D eigenvalue weighted by Gasteiger charge is -2.36. The van der Waals surface area contributed by atoms with Gasteiger partial charge in [-0.15, -0.1) is 0 Å². The molecule has 1 aliphatic carbocycles. The van der Waals surface area contributed by atoms with Crippen LogP contribution in [0.1, 0.15) is 58.4 Å². The van der Waals surface area contributed by atoms with Crippen LogP contribution in [0.15, 0.2) is 47.5 Å². The number of anilines is 3. The van der Waals surface area contributed by atoms with Crippen molar-refractivity contribution in [1.82, 2.24) is 0 Å². The van der Waals surface area contributed by atoms with Crippen molar-refractivity contribution in [1.29, 1.82) is 0 Å². The van der Waals surface area contributed by atoms with E-state index in [1.54, 1.807) is 4.90 Å². The Balaban J connectivity index is 1.86.